The highest BCUT2D eigenvalue weighted by atomic mass is 31.1. The van der Waals surface area contributed by atoms with E-state index in [1.165, 1.54) is 38.3 Å². The quantitative estimate of drug-likeness (QED) is 0.341. The van der Waals surface area contributed by atoms with Gasteiger partial charge in [-0.2, -0.15) is 0 Å². The predicted molar refractivity (Wildman–Crippen MR) is 130 cm³/mol. The summed E-state index contributed by atoms with van der Waals surface area (Å²) in [4.78, 5) is 3.70. The van der Waals surface area contributed by atoms with Crippen LogP contribution in [0.25, 0.3) is 22.3 Å². The molecular weight excluding hydrogens is 381 g/mol. The van der Waals surface area contributed by atoms with Crippen LogP contribution in [0.15, 0.2) is 128 Å². The van der Waals surface area contributed by atoms with Crippen molar-refractivity contribution in [3.63, 3.8) is 0 Å². The Bertz CT molecular complexity index is 1170. The molecule has 30 heavy (non-hydrogen) atoms. The van der Waals surface area contributed by atoms with Crippen molar-refractivity contribution in [3.8, 4) is 22.3 Å². The molecule has 1 heterocycles. The van der Waals surface area contributed by atoms with E-state index in [4.69, 9.17) is 0 Å². The highest BCUT2D eigenvalue weighted by Gasteiger charge is 2.24. The lowest BCUT2D eigenvalue weighted by molar-refractivity contribution is 1.47. The van der Waals surface area contributed by atoms with E-state index in [1.807, 2.05) is 0 Å². The second-order valence-corrected chi connectivity index (χ2v) is 9.32. The first-order valence-corrected chi connectivity index (χ1v) is 11.5. The fraction of sp³-hybridized carbons (Fsp3) is 0. The summed E-state index contributed by atoms with van der Waals surface area (Å²) in [6, 6.07) is 43.1. The van der Waals surface area contributed by atoms with Crippen molar-refractivity contribution in [1.29, 1.82) is 0 Å². The SMILES string of the molecule is c1ccc(-c2c[nH]c(P(c3ccccc3)c3ccccc3)c2-c2ccccc2)cc1. The smallest absolute Gasteiger partial charge is 0.0561 e. The van der Waals surface area contributed by atoms with Crippen molar-refractivity contribution >= 4 is 24.0 Å². The van der Waals surface area contributed by atoms with Crippen LogP contribution in [0.4, 0.5) is 0 Å². The van der Waals surface area contributed by atoms with Gasteiger partial charge in [0.05, 0.1) is 5.44 Å². The maximum Gasteiger partial charge on any atom is 0.0561 e. The molecule has 0 saturated carbocycles. The maximum atomic E-state index is 3.70. The molecule has 0 atom stereocenters. The van der Waals surface area contributed by atoms with E-state index >= 15 is 0 Å². The van der Waals surface area contributed by atoms with E-state index in [2.05, 4.69) is 133 Å². The van der Waals surface area contributed by atoms with Crippen molar-refractivity contribution in [3.05, 3.63) is 128 Å². The van der Waals surface area contributed by atoms with Gasteiger partial charge in [0.25, 0.3) is 0 Å². The van der Waals surface area contributed by atoms with Crippen LogP contribution in [0.1, 0.15) is 0 Å². The van der Waals surface area contributed by atoms with Gasteiger partial charge in [0.2, 0.25) is 0 Å². The van der Waals surface area contributed by atoms with Crippen LogP contribution in [0.2, 0.25) is 0 Å². The molecule has 1 N–H and O–H groups in total. The zero-order valence-corrected chi connectivity index (χ0v) is 17.5. The molecule has 1 nitrogen and oxygen atoms in total. The molecule has 144 valence electrons. The van der Waals surface area contributed by atoms with Crippen molar-refractivity contribution in [2.24, 2.45) is 0 Å². The monoisotopic (exact) mass is 403 g/mol. The summed E-state index contributed by atoms with van der Waals surface area (Å²) >= 11 is 0. The Labute approximate surface area is 178 Å². The molecule has 5 rings (SSSR count). The normalized spacial score (nSPS) is 11.0. The van der Waals surface area contributed by atoms with Crippen molar-refractivity contribution in [2.75, 3.05) is 0 Å². The van der Waals surface area contributed by atoms with Crippen molar-refractivity contribution in [1.82, 2.24) is 4.98 Å². The summed E-state index contributed by atoms with van der Waals surface area (Å²) in [6.07, 6.45) is 2.17. The number of rotatable bonds is 5. The fourth-order valence-electron chi connectivity index (χ4n) is 3.89. The van der Waals surface area contributed by atoms with Gasteiger partial charge in [0, 0.05) is 25.2 Å². The second kappa shape index (κ2) is 8.53. The van der Waals surface area contributed by atoms with Crippen LogP contribution < -0.4 is 16.0 Å². The van der Waals surface area contributed by atoms with Crippen molar-refractivity contribution in [2.45, 2.75) is 0 Å². The van der Waals surface area contributed by atoms with Crippen LogP contribution >= 0.6 is 7.92 Å². The first kappa shape index (κ1) is 18.6. The highest BCUT2D eigenvalue weighted by molar-refractivity contribution is 7.79. The highest BCUT2D eigenvalue weighted by Crippen LogP contribution is 2.40. The molecular formula is C28H22NP. The average molecular weight is 403 g/mol. The third-order valence-electron chi connectivity index (χ3n) is 5.26. The molecule has 4 aromatic carbocycles. The molecule has 0 aliphatic rings. The minimum Gasteiger partial charge on any atom is -0.360 e. The van der Waals surface area contributed by atoms with E-state index < -0.39 is 7.92 Å². The maximum absolute atomic E-state index is 3.70. The zero-order chi connectivity index (χ0) is 20.2. The zero-order valence-electron chi connectivity index (χ0n) is 16.6. The first-order valence-electron chi connectivity index (χ1n) is 10.1. The largest absolute Gasteiger partial charge is 0.360 e. The Morgan fingerprint density at radius 1 is 0.467 bits per heavy atom. The van der Waals surface area contributed by atoms with Crippen LogP contribution in [-0.2, 0) is 0 Å². The Morgan fingerprint density at radius 3 is 1.40 bits per heavy atom. The topological polar surface area (TPSA) is 15.8 Å². The molecule has 0 aliphatic heterocycles. The lowest BCUT2D eigenvalue weighted by atomic mass is 9.99. The van der Waals surface area contributed by atoms with Gasteiger partial charge < -0.3 is 4.98 Å². The van der Waals surface area contributed by atoms with Gasteiger partial charge in [-0.25, -0.2) is 0 Å². The molecule has 0 radical (unpaired) electrons. The van der Waals surface area contributed by atoms with Crippen LogP contribution in [0, 0.1) is 0 Å². The van der Waals surface area contributed by atoms with Gasteiger partial charge in [-0.3, -0.25) is 0 Å². The van der Waals surface area contributed by atoms with Gasteiger partial charge in [-0.1, -0.05) is 121 Å². The molecule has 0 saturated heterocycles. The number of nitrogens with one attached hydrogen (secondary N) is 1. The predicted octanol–water partition coefficient (Wildman–Crippen LogP) is 6.11. The van der Waals surface area contributed by atoms with Crippen LogP contribution in [0.5, 0.6) is 0 Å². The summed E-state index contributed by atoms with van der Waals surface area (Å²) < 4.78 is 0. The minimum atomic E-state index is -0.715. The number of hydrogen-bond donors (Lipinski definition) is 1. The molecule has 0 fully saturated rings. The van der Waals surface area contributed by atoms with Gasteiger partial charge in [0.1, 0.15) is 0 Å². The molecule has 0 unspecified atom stereocenters. The number of hydrogen-bond acceptors (Lipinski definition) is 0. The van der Waals surface area contributed by atoms with Gasteiger partial charge in [-0.15, -0.1) is 0 Å². The molecule has 0 bridgehead atoms. The standard InChI is InChI=1S/C28H22NP/c1-5-13-22(14-6-1)26-21-29-28(27(26)23-15-7-2-8-16-23)30(24-17-9-3-10-18-24)25-19-11-4-12-20-25/h1-21,29H. The average Bonchev–Trinajstić information content (AvgIpc) is 3.26. The molecule has 5 aromatic rings. The Hall–Kier alpha value is -3.41. The third-order valence-corrected chi connectivity index (χ3v) is 7.69. The van der Waals surface area contributed by atoms with E-state index in [9.17, 15) is 0 Å². The second-order valence-electron chi connectivity index (χ2n) is 7.16. The summed E-state index contributed by atoms with van der Waals surface area (Å²) in [5, 5.41) is 2.69. The van der Waals surface area contributed by atoms with E-state index in [-0.39, 0.29) is 0 Å². The lowest BCUT2D eigenvalue weighted by Crippen LogP contribution is -2.22. The van der Waals surface area contributed by atoms with Crippen molar-refractivity contribution < 1.29 is 0 Å². The molecule has 0 aliphatic carbocycles. The Kier molecular flexibility index (Phi) is 5.29. The van der Waals surface area contributed by atoms with E-state index in [0.29, 0.717) is 0 Å². The van der Waals surface area contributed by atoms with Gasteiger partial charge in [-0.05, 0) is 21.7 Å². The number of H-pyrrole nitrogens is 1. The number of benzene rings is 4. The third kappa shape index (κ3) is 3.61. The summed E-state index contributed by atoms with van der Waals surface area (Å²) in [5.74, 6) is 0. The molecule has 1 aromatic heterocycles. The summed E-state index contributed by atoms with van der Waals surface area (Å²) in [6.45, 7) is 0. The van der Waals surface area contributed by atoms with E-state index in [0.717, 1.165) is 0 Å². The van der Waals surface area contributed by atoms with Crippen LogP contribution in [-0.4, -0.2) is 4.98 Å². The molecule has 0 amide bonds. The number of aromatic nitrogens is 1. The Morgan fingerprint density at radius 2 is 0.900 bits per heavy atom. The van der Waals surface area contributed by atoms with Gasteiger partial charge in [0.15, 0.2) is 0 Å². The minimum absolute atomic E-state index is 0.715. The first-order chi connectivity index (χ1) is 14.9. The number of aromatic amines is 1. The molecule has 2 heteroatoms. The lowest BCUT2D eigenvalue weighted by Gasteiger charge is -2.20. The van der Waals surface area contributed by atoms with Crippen LogP contribution in [0.3, 0.4) is 0 Å². The van der Waals surface area contributed by atoms with E-state index in [1.54, 1.807) is 0 Å². The summed E-state index contributed by atoms with van der Waals surface area (Å²) in [5.41, 5.74) is 6.30. The van der Waals surface area contributed by atoms with Gasteiger partial charge >= 0.3 is 0 Å². The molecule has 0 spiro atoms. The fourth-order valence-corrected chi connectivity index (χ4v) is 6.31. The summed E-state index contributed by atoms with van der Waals surface area (Å²) in [7, 11) is -0.715. The Balaban J connectivity index is 1.78.